The number of rotatable bonds is 5. The summed E-state index contributed by atoms with van der Waals surface area (Å²) < 4.78 is 25.1. The van der Waals surface area contributed by atoms with E-state index in [1.807, 2.05) is 61.5 Å². The number of amides is 1. The van der Waals surface area contributed by atoms with Gasteiger partial charge in [-0.1, -0.05) is 60.2 Å². The number of carbonyl (C=O) groups is 1. The lowest BCUT2D eigenvalue weighted by Gasteiger charge is -2.22. The van der Waals surface area contributed by atoms with Gasteiger partial charge >= 0.3 is 0 Å². The lowest BCUT2D eigenvalue weighted by atomic mass is 9.98. The van der Waals surface area contributed by atoms with E-state index in [4.69, 9.17) is 0 Å². The predicted molar refractivity (Wildman–Crippen MR) is 97.6 cm³/mol. The van der Waals surface area contributed by atoms with Crippen LogP contribution in [-0.4, -0.2) is 37.5 Å². The van der Waals surface area contributed by atoms with Gasteiger partial charge < -0.3 is 5.32 Å². The SMILES string of the molecule is Cc1ccc(C(NC(=O)CN2CCCS2(=O)=O)c2ccccc2)cc1. The van der Waals surface area contributed by atoms with Crippen molar-refractivity contribution in [3.63, 3.8) is 0 Å². The fraction of sp³-hybridized carbons (Fsp3) is 0.316. The van der Waals surface area contributed by atoms with Crippen LogP contribution in [0.3, 0.4) is 0 Å². The predicted octanol–water partition coefficient (Wildman–Crippen LogP) is 2.24. The molecule has 3 rings (SSSR count). The molecule has 1 aliphatic heterocycles. The average Bonchev–Trinajstić information content (AvgIpc) is 2.93. The molecular weight excluding hydrogens is 336 g/mol. The molecule has 0 spiro atoms. The second kappa shape index (κ2) is 7.37. The van der Waals surface area contributed by atoms with Crippen LogP contribution in [0.25, 0.3) is 0 Å². The molecule has 5 nitrogen and oxygen atoms in total. The average molecular weight is 358 g/mol. The van der Waals surface area contributed by atoms with E-state index in [9.17, 15) is 13.2 Å². The number of hydrogen-bond acceptors (Lipinski definition) is 3. The van der Waals surface area contributed by atoms with Crippen molar-refractivity contribution in [1.82, 2.24) is 9.62 Å². The standard InChI is InChI=1S/C19H22N2O3S/c1-15-8-10-17(11-9-15)19(16-6-3-2-4-7-16)20-18(22)14-21-12-5-13-25(21,23)24/h2-4,6-11,19H,5,12-14H2,1H3,(H,20,22). The van der Waals surface area contributed by atoms with Crippen molar-refractivity contribution in [3.8, 4) is 0 Å². The smallest absolute Gasteiger partial charge is 0.236 e. The lowest BCUT2D eigenvalue weighted by molar-refractivity contribution is -0.121. The molecule has 1 unspecified atom stereocenters. The first-order chi connectivity index (χ1) is 12.0. The third-order valence-electron chi connectivity index (χ3n) is 4.37. The molecule has 25 heavy (non-hydrogen) atoms. The van der Waals surface area contributed by atoms with Gasteiger partial charge in [0, 0.05) is 6.54 Å². The number of aryl methyl sites for hydroxylation is 1. The molecule has 1 aliphatic rings. The van der Waals surface area contributed by atoms with Crippen molar-refractivity contribution in [2.75, 3.05) is 18.8 Å². The maximum Gasteiger partial charge on any atom is 0.236 e. The van der Waals surface area contributed by atoms with Gasteiger partial charge in [-0.05, 0) is 24.5 Å². The fourth-order valence-corrected chi connectivity index (χ4v) is 4.47. The van der Waals surface area contributed by atoms with E-state index in [0.29, 0.717) is 13.0 Å². The molecule has 6 heteroatoms. The highest BCUT2D eigenvalue weighted by Crippen LogP contribution is 2.22. The monoisotopic (exact) mass is 358 g/mol. The van der Waals surface area contributed by atoms with E-state index in [0.717, 1.165) is 16.7 Å². The van der Waals surface area contributed by atoms with Gasteiger partial charge in [-0.15, -0.1) is 0 Å². The maximum absolute atomic E-state index is 12.5. The van der Waals surface area contributed by atoms with Crippen LogP contribution in [0.1, 0.15) is 29.2 Å². The first kappa shape index (κ1) is 17.6. The molecule has 1 heterocycles. The Bertz CT molecular complexity index is 833. The first-order valence-corrected chi connectivity index (χ1v) is 9.95. The summed E-state index contributed by atoms with van der Waals surface area (Å²) in [6, 6.07) is 17.4. The summed E-state index contributed by atoms with van der Waals surface area (Å²) in [5.74, 6) is -0.166. The number of sulfonamides is 1. The van der Waals surface area contributed by atoms with E-state index in [-0.39, 0.29) is 24.2 Å². The Morgan fingerprint density at radius 2 is 1.72 bits per heavy atom. The zero-order valence-corrected chi connectivity index (χ0v) is 15.0. The summed E-state index contributed by atoms with van der Waals surface area (Å²) in [7, 11) is -3.28. The third kappa shape index (κ3) is 4.27. The Kier molecular flexibility index (Phi) is 5.20. The van der Waals surface area contributed by atoms with Gasteiger partial charge in [-0.25, -0.2) is 8.42 Å². The van der Waals surface area contributed by atoms with Crippen molar-refractivity contribution in [2.45, 2.75) is 19.4 Å². The number of benzene rings is 2. The second-order valence-corrected chi connectivity index (χ2v) is 8.41. The highest BCUT2D eigenvalue weighted by molar-refractivity contribution is 7.89. The van der Waals surface area contributed by atoms with E-state index >= 15 is 0 Å². The van der Waals surface area contributed by atoms with Crippen LogP contribution in [0.15, 0.2) is 54.6 Å². The summed E-state index contributed by atoms with van der Waals surface area (Å²) in [5, 5.41) is 2.99. The van der Waals surface area contributed by atoms with Crippen molar-refractivity contribution < 1.29 is 13.2 Å². The van der Waals surface area contributed by atoms with E-state index in [1.54, 1.807) is 0 Å². The minimum atomic E-state index is -3.28. The zero-order valence-electron chi connectivity index (χ0n) is 14.2. The van der Waals surface area contributed by atoms with Crippen molar-refractivity contribution in [2.24, 2.45) is 0 Å². The normalized spacial score (nSPS) is 18.0. The molecule has 1 amide bonds. The molecule has 132 valence electrons. The van der Waals surface area contributed by atoms with Crippen LogP contribution in [0.5, 0.6) is 0 Å². The molecule has 2 aromatic rings. The van der Waals surface area contributed by atoms with Gasteiger partial charge in [0.05, 0.1) is 18.3 Å². The molecule has 1 fully saturated rings. The molecular formula is C19H22N2O3S. The number of nitrogens with one attached hydrogen (secondary N) is 1. The van der Waals surface area contributed by atoms with Gasteiger partial charge in [0.2, 0.25) is 15.9 Å². The van der Waals surface area contributed by atoms with E-state index in [1.165, 1.54) is 4.31 Å². The summed E-state index contributed by atoms with van der Waals surface area (Å²) >= 11 is 0. The molecule has 0 bridgehead atoms. The summed E-state index contributed by atoms with van der Waals surface area (Å²) in [6.45, 7) is 2.30. The minimum absolute atomic E-state index is 0.125. The van der Waals surface area contributed by atoms with E-state index in [2.05, 4.69) is 5.32 Å². The Balaban J connectivity index is 1.80. The topological polar surface area (TPSA) is 66.5 Å². The number of hydrogen-bond donors (Lipinski definition) is 1. The quantitative estimate of drug-likeness (QED) is 0.891. The lowest BCUT2D eigenvalue weighted by Crippen LogP contribution is -2.39. The Labute approximate surface area is 148 Å². The van der Waals surface area contributed by atoms with Crippen LogP contribution in [0, 0.1) is 6.92 Å². The molecule has 0 aliphatic carbocycles. The van der Waals surface area contributed by atoms with Crippen LogP contribution in [0.4, 0.5) is 0 Å². The molecule has 0 saturated carbocycles. The summed E-state index contributed by atoms with van der Waals surface area (Å²) in [6.07, 6.45) is 0.579. The Morgan fingerprint density at radius 3 is 2.32 bits per heavy atom. The summed E-state index contributed by atoms with van der Waals surface area (Å²) in [5.41, 5.74) is 3.07. The highest BCUT2D eigenvalue weighted by Gasteiger charge is 2.30. The molecule has 0 radical (unpaired) electrons. The van der Waals surface area contributed by atoms with Crippen molar-refractivity contribution >= 4 is 15.9 Å². The van der Waals surface area contributed by atoms with Gasteiger partial charge in [0.15, 0.2) is 0 Å². The number of nitrogens with zero attached hydrogens (tertiary/aromatic N) is 1. The Hall–Kier alpha value is -2.18. The third-order valence-corrected chi connectivity index (χ3v) is 6.28. The zero-order chi connectivity index (χ0) is 17.9. The fourth-order valence-electron chi connectivity index (χ4n) is 3.00. The van der Waals surface area contributed by atoms with Crippen LogP contribution in [0.2, 0.25) is 0 Å². The maximum atomic E-state index is 12.5. The second-order valence-electron chi connectivity index (χ2n) is 6.33. The van der Waals surface area contributed by atoms with Crippen molar-refractivity contribution in [3.05, 3.63) is 71.3 Å². The van der Waals surface area contributed by atoms with Gasteiger partial charge in [0.25, 0.3) is 0 Å². The highest BCUT2D eigenvalue weighted by atomic mass is 32.2. The van der Waals surface area contributed by atoms with Crippen LogP contribution >= 0.6 is 0 Å². The molecule has 2 aromatic carbocycles. The number of carbonyl (C=O) groups excluding carboxylic acids is 1. The summed E-state index contributed by atoms with van der Waals surface area (Å²) in [4.78, 5) is 12.5. The minimum Gasteiger partial charge on any atom is -0.344 e. The van der Waals surface area contributed by atoms with Gasteiger partial charge in [-0.2, -0.15) is 4.31 Å². The first-order valence-electron chi connectivity index (χ1n) is 8.34. The molecule has 1 atom stereocenters. The van der Waals surface area contributed by atoms with Gasteiger partial charge in [-0.3, -0.25) is 4.79 Å². The largest absolute Gasteiger partial charge is 0.344 e. The van der Waals surface area contributed by atoms with Crippen LogP contribution < -0.4 is 5.32 Å². The molecule has 1 saturated heterocycles. The van der Waals surface area contributed by atoms with E-state index < -0.39 is 10.0 Å². The van der Waals surface area contributed by atoms with Crippen LogP contribution in [-0.2, 0) is 14.8 Å². The molecule has 1 N–H and O–H groups in total. The van der Waals surface area contributed by atoms with Gasteiger partial charge in [0.1, 0.15) is 0 Å². The van der Waals surface area contributed by atoms with Crippen molar-refractivity contribution in [1.29, 1.82) is 0 Å². The Morgan fingerprint density at radius 1 is 1.08 bits per heavy atom. The molecule has 0 aromatic heterocycles.